The molecule has 0 saturated carbocycles. The van der Waals surface area contributed by atoms with Crippen molar-refractivity contribution in [2.75, 3.05) is 6.54 Å². The van der Waals surface area contributed by atoms with Gasteiger partial charge in [0.25, 0.3) is 0 Å². The molecule has 5 nitrogen and oxygen atoms in total. The lowest BCUT2D eigenvalue weighted by atomic mass is 10.1. The molecule has 0 aliphatic rings. The van der Waals surface area contributed by atoms with Crippen LogP contribution in [-0.2, 0) is 9.53 Å². The van der Waals surface area contributed by atoms with Crippen molar-refractivity contribution >= 4 is 12.1 Å². The van der Waals surface area contributed by atoms with E-state index in [2.05, 4.69) is 5.32 Å². The van der Waals surface area contributed by atoms with E-state index in [1.54, 1.807) is 26.8 Å². The SMILES string of the molecule is C/C(=C\C(C)CNC(=O)OC(C)(C)C)C(=O)O. The zero-order chi connectivity index (χ0) is 13.6. The first-order chi connectivity index (χ1) is 7.61. The Hall–Kier alpha value is -1.52. The molecular formula is C12H21NO4. The van der Waals surface area contributed by atoms with Crippen LogP contribution < -0.4 is 5.32 Å². The van der Waals surface area contributed by atoms with Gasteiger partial charge in [-0.25, -0.2) is 9.59 Å². The number of amides is 1. The third-order valence-electron chi connectivity index (χ3n) is 1.84. The predicted octanol–water partition coefficient (Wildman–Crippen LogP) is 2.18. The second-order valence-electron chi connectivity index (χ2n) is 5.01. The van der Waals surface area contributed by atoms with Crippen LogP contribution >= 0.6 is 0 Å². The third-order valence-corrected chi connectivity index (χ3v) is 1.84. The molecule has 5 heteroatoms. The van der Waals surface area contributed by atoms with Crippen LogP contribution in [-0.4, -0.2) is 29.3 Å². The molecule has 0 heterocycles. The Balaban J connectivity index is 4.09. The summed E-state index contributed by atoms with van der Waals surface area (Å²) in [4.78, 5) is 21.9. The number of hydrogen-bond donors (Lipinski definition) is 2. The van der Waals surface area contributed by atoms with Crippen LogP contribution in [0.1, 0.15) is 34.6 Å². The minimum Gasteiger partial charge on any atom is -0.478 e. The van der Waals surface area contributed by atoms with Crippen LogP contribution in [0.15, 0.2) is 11.6 Å². The topological polar surface area (TPSA) is 75.6 Å². The summed E-state index contributed by atoms with van der Waals surface area (Å²) in [5.41, 5.74) is -0.261. The monoisotopic (exact) mass is 243 g/mol. The lowest BCUT2D eigenvalue weighted by molar-refractivity contribution is -0.132. The lowest BCUT2D eigenvalue weighted by Crippen LogP contribution is -2.34. The van der Waals surface area contributed by atoms with Crippen molar-refractivity contribution in [3.63, 3.8) is 0 Å². The summed E-state index contributed by atoms with van der Waals surface area (Å²) >= 11 is 0. The number of carbonyl (C=O) groups is 2. The highest BCUT2D eigenvalue weighted by Crippen LogP contribution is 2.07. The quantitative estimate of drug-likeness (QED) is 0.742. The fourth-order valence-electron chi connectivity index (χ4n) is 1.12. The molecule has 0 fully saturated rings. The first-order valence-corrected chi connectivity index (χ1v) is 5.50. The van der Waals surface area contributed by atoms with Gasteiger partial charge in [-0.1, -0.05) is 13.0 Å². The normalized spacial score (nSPS) is 14.1. The van der Waals surface area contributed by atoms with Gasteiger partial charge in [-0.15, -0.1) is 0 Å². The highest BCUT2D eigenvalue weighted by molar-refractivity contribution is 5.85. The van der Waals surface area contributed by atoms with Gasteiger partial charge in [-0.3, -0.25) is 0 Å². The molecule has 0 aromatic heterocycles. The number of alkyl carbamates (subject to hydrolysis) is 1. The minimum atomic E-state index is -0.950. The van der Waals surface area contributed by atoms with E-state index < -0.39 is 17.7 Å². The van der Waals surface area contributed by atoms with Gasteiger partial charge in [-0.05, 0) is 33.6 Å². The van der Waals surface area contributed by atoms with E-state index in [1.807, 2.05) is 6.92 Å². The zero-order valence-corrected chi connectivity index (χ0v) is 11.0. The maximum atomic E-state index is 11.3. The number of ether oxygens (including phenoxy) is 1. The van der Waals surface area contributed by atoms with E-state index in [0.717, 1.165) is 0 Å². The van der Waals surface area contributed by atoms with Crippen molar-refractivity contribution in [2.24, 2.45) is 5.92 Å². The van der Waals surface area contributed by atoms with Crippen molar-refractivity contribution < 1.29 is 19.4 Å². The molecule has 0 spiro atoms. The third kappa shape index (κ3) is 8.30. The van der Waals surface area contributed by atoms with Crippen molar-refractivity contribution in [1.29, 1.82) is 0 Å². The van der Waals surface area contributed by atoms with Crippen LogP contribution in [0.2, 0.25) is 0 Å². The van der Waals surface area contributed by atoms with Crippen molar-refractivity contribution in [3.8, 4) is 0 Å². The summed E-state index contributed by atoms with van der Waals surface area (Å²) in [7, 11) is 0. The van der Waals surface area contributed by atoms with Crippen molar-refractivity contribution in [3.05, 3.63) is 11.6 Å². The number of carbonyl (C=O) groups excluding carboxylic acids is 1. The summed E-state index contributed by atoms with van der Waals surface area (Å²) in [5.74, 6) is -1.01. The van der Waals surface area contributed by atoms with Gasteiger partial charge >= 0.3 is 12.1 Å². The van der Waals surface area contributed by atoms with E-state index in [-0.39, 0.29) is 11.5 Å². The molecule has 0 aromatic carbocycles. The lowest BCUT2D eigenvalue weighted by Gasteiger charge is -2.20. The van der Waals surface area contributed by atoms with Crippen LogP contribution in [0, 0.1) is 5.92 Å². The summed E-state index contributed by atoms with van der Waals surface area (Å²) in [6, 6.07) is 0. The zero-order valence-electron chi connectivity index (χ0n) is 11.0. The van der Waals surface area contributed by atoms with E-state index in [9.17, 15) is 9.59 Å². The Kier molecular flexibility index (Phi) is 5.71. The number of hydrogen-bond acceptors (Lipinski definition) is 3. The van der Waals surface area contributed by atoms with Crippen LogP contribution in [0.3, 0.4) is 0 Å². The standard InChI is InChI=1S/C12H21NO4/c1-8(6-9(2)10(14)15)7-13-11(16)17-12(3,4)5/h6,8H,7H2,1-5H3,(H,13,16)(H,14,15)/b9-6+. The molecule has 0 aliphatic carbocycles. The maximum absolute atomic E-state index is 11.3. The summed E-state index contributed by atoms with van der Waals surface area (Å²) in [6.07, 6.45) is 1.10. The van der Waals surface area contributed by atoms with E-state index in [0.29, 0.717) is 6.54 Å². The van der Waals surface area contributed by atoms with E-state index in [4.69, 9.17) is 9.84 Å². The van der Waals surface area contributed by atoms with Gasteiger partial charge in [0.1, 0.15) is 5.60 Å². The Bertz CT molecular complexity index is 315. The van der Waals surface area contributed by atoms with E-state index >= 15 is 0 Å². The second-order valence-corrected chi connectivity index (χ2v) is 5.01. The largest absolute Gasteiger partial charge is 0.478 e. The molecule has 0 bridgehead atoms. The predicted molar refractivity (Wildman–Crippen MR) is 64.8 cm³/mol. The number of aliphatic carboxylic acids is 1. The molecule has 0 saturated heterocycles. The smallest absolute Gasteiger partial charge is 0.407 e. The number of carboxylic acids is 1. The molecule has 0 rings (SSSR count). The van der Waals surface area contributed by atoms with E-state index in [1.165, 1.54) is 6.92 Å². The van der Waals surface area contributed by atoms with Gasteiger partial charge in [0.15, 0.2) is 0 Å². The molecule has 0 radical (unpaired) electrons. The number of rotatable bonds is 4. The fourth-order valence-corrected chi connectivity index (χ4v) is 1.12. The minimum absolute atomic E-state index is 0.0568. The highest BCUT2D eigenvalue weighted by Gasteiger charge is 2.16. The molecular weight excluding hydrogens is 222 g/mol. The second kappa shape index (κ2) is 6.27. The number of carboxylic acid groups (broad SMARTS) is 1. The number of nitrogens with one attached hydrogen (secondary N) is 1. The van der Waals surface area contributed by atoms with Gasteiger partial charge in [0, 0.05) is 12.1 Å². The average molecular weight is 243 g/mol. The summed E-state index contributed by atoms with van der Waals surface area (Å²) < 4.78 is 5.05. The Morgan fingerprint density at radius 3 is 2.35 bits per heavy atom. The Labute approximate surface area is 102 Å². The molecule has 2 N–H and O–H groups in total. The summed E-state index contributed by atoms with van der Waals surface area (Å²) in [5, 5.41) is 11.3. The van der Waals surface area contributed by atoms with Crippen LogP contribution in [0.4, 0.5) is 4.79 Å². The van der Waals surface area contributed by atoms with Gasteiger partial charge in [0.2, 0.25) is 0 Å². The maximum Gasteiger partial charge on any atom is 0.407 e. The van der Waals surface area contributed by atoms with Crippen molar-refractivity contribution in [1.82, 2.24) is 5.32 Å². The molecule has 1 unspecified atom stereocenters. The summed E-state index contributed by atoms with van der Waals surface area (Å²) in [6.45, 7) is 9.04. The molecule has 1 atom stereocenters. The molecule has 0 aliphatic heterocycles. The highest BCUT2D eigenvalue weighted by atomic mass is 16.6. The van der Waals surface area contributed by atoms with Crippen LogP contribution in [0.5, 0.6) is 0 Å². The van der Waals surface area contributed by atoms with Crippen LogP contribution in [0.25, 0.3) is 0 Å². The fraction of sp³-hybridized carbons (Fsp3) is 0.667. The van der Waals surface area contributed by atoms with Gasteiger partial charge in [0.05, 0.1) is 0 Å². The first kappa shape index (κ1) is 15.5. The van der Waals surface area contributed by atoms with Gasteiger partial charge < -0.3 is 15.2 Å². The molecule has 1 amide bonds. The molecule has 98 valence electrons. The van der Waals surface area contributed by atoms with Crippen molar-refractivity contribution in [2.45, 2.75) is 40.2 Å². The molecule has 0 aromatic rings. The average Bonchev–Trinajstić information content (AvgIpc) is 2.11. The molecule has 17 heavy (non-hydrogen) atoms. The Morgan fingerprint density at radius 2 is 1.94 bits per heavy atom. The Morgan fingerprint density at radius 1 is 1.41 bits per heavy atom. The van der Waals surface area contributed by atoms with Gasteiger partial charge in [-0.2, -0.15) is 0 Å². The first-order valence-electron chi connectivity index (χ1n) is 5.50.